The number of nitrogens with one attached hydrogen (secondary N) is 1. The lowest BCUT2D eigenvalue weighted by atomic mass is 10.2. The molecule has 6 heteroatoms. The summed E-state index contributed by atoms with van der Waals surface area (Å²) in [6, 6.07) is 5.69. The van der Waals surface area contributed by atoms with Crippen LogP contribution in [0.2, 0.25) is 0 Å². The summed E-state index contributed by atoms with van der Waals surface area (Å²) in [6.45, 7) is 2.89. The van der Waals surface area contributed by atoms with Crippen LogP contribution in [0.4, 0.5) is 13.2 Å². The van der Waals surface area contributed by atoms with Crippen molar-refractivity contribution in [3.8, 4) is 5.75 Å². The van der Waals surface area contributed by atoms with E-state index in [9.17, 15) is 13.2 Å². The Labute approximate surface area is 104 Å². The molecular weight excluding hydrogens is 247 g/mol. The molecule has 0 spiro atoms. The topological polar surface area (TPSA) is 41.5 Å². The molecule has 0 saturated heterocycles. The van der Waals surface area contributed by atoms with Crippen molar-refractivity contribution in [2.45, 2.75) is 32.4 Å². The summed E-state index contributed by atoms with van der Waals surface area (Å²) >= 11 is 0. The van der Waals surface area contributed by atoms with E-state index in [0.717, 1.165) is 5.56 Å². The van der Waals surface area contributed by atoms with Gasteiger partial charge < -0.3 is 15.2 Å². The third-order valence-electron chi connectivity index (χ3n) is 2.22. The van der Waals surface area contributed by atoms with E-state index >= 15 is 0 Å². The molecule has 1 rings (SSSR count). The summed E-state index contributed by atoms with van der Waals surface area (Å²) in [4.78, 5) is 0. The van der Waals surface area contributed by atoms with E-state index in [2.05, 4.69) is 10.1 Å². The van der Waals surface area contributed by atoms with E-state index in [-0.39, 0.29) is 11.9 Å². The van der Waals surface area contributed by atoms with E-state index in [1.54, 1.807) is 19.1 Å². The molecule has 1 aromatic rings. The van der Waals surface area contributed by atoms with E-state index in [0.29, 0.717) is 19.5 Å². The predicted octanol–water partition coefficient (Wildman–Crippen LogP) is 2.45. The van der Waals surface area contributed by atoms with Gasteiger partial charge in [0.15, 0.2) is 0 Å². The van der Waals surface area contributed by atoms with Gasteiger partial charge in [-0.25, -0.2) is 0 Å². The molecule has 0 radical (unpaired) electrons. The summed E-state index contributed by atoms with van der Waals surface area (Å²) in [5.74, 6) is -0.227. The molecule has 0 heterocycles. The van der Waals surface area contributed by atoms with Crippen molar-refractivity contribution in [1.29, 1.82) is 0 Å². The van der Waals surface area contributed by atoms with Crippen molar-refractivity contribution < 1.29 is 23.0 Å². The van der Waals surface area contributed by atoms with Gasteiger partial charge in [-0.1, -0.05) is 12.1 Å². The fraction of sp³-hybridized carbons (Fsp3) is 0.500. The van der Waals surface area contributed by atoms with Gasteiger partial charge in [0, 0.05) is 6.54 Å². The van der Waals surface area contributed by atoms with Gasteiger partial charge in [0.1, 0.15) is 5.75 Å². The highest BCUT2D eigenvalue weighted by atomic mass is 19.4. The van der Waals surface area contributed by atoms with E-state index in [4.69, 9.17) is 5.11 Å². The Balaban J connectivity index is 2.36. The monoisotopic (exact) mass is 263 g/mol. The first-order chi connectivity index (χ1) is 8.37. The molecule has 102 valence electrons. The maximum Gasteiger partial charge on any atom is 0.573 e. The molecule has 1 unspecified atom stereocenters. The van der Waals surface area contributed by atoms with Crippen LogP contribution in [0.15, 0.2) is 24.3 Å². The van der Waals surface area contributed by atoms with Crippen LogP contribution in [0.5, 0.6) is 5.75 Å². The van der Waals surface area contributed by atoms with Crippen molar-refractivity contribution in [3.05, 3.63) is 29.8 Å². The van der Waals surface area contributed by atoms with Crippen LogP contribution in [0.25, 0.3) is 0 Å². The number of ether oxygens (including phenoxy) is 1. The zero-order chi connectivity index (χ0) is 13.6. The molecule has 0 bridgehead atoms. The summed E-state index contributed by atoms with van der Waals surface area (Å²) in [6.07, 6.45) is -4.38. The average molecular weight is 263 g/mol. The third kappa shape index (κ3) is 6.46. The number of alkyl halides is 3. The lowest BCUT2D eigenvalue weighted by Gasteiger charge is -2.10. The van der Waals surface area contributed by atoms with E-state index in [1.807, 2.05) is 0 Å². The third-order valence-corrected chi connectivity index (χ3v) is 2.22. The largest absolute Gasteiger partial charge is 0.573 e. The van der Waals surface area contributed by atoms with Gasteiger partial charge in [-0.05, 0) is 37.6 Å². The number of hydrogen-bond acceptors (Lipinski definition) is 3. The molecule has 1 aromatic carbocycles. The highest BCUT2D eigenvalue weighted by molar-refractivity contribution is 5.27. The summed E-state index contributed by atoms with van der Waals surface area (Å²) in [7, 11) is 0. The Morgan fingerprint density at radius 2 is 1.89 bits per heavy atom. The molecular formula is C12H16F3NO2. The van der Waals surface area contributed by atoms with Gasteiger partial charge in [0.25, 0.3) is 0 Å². The van der Waals surface area contributed by atoms with Crippen LogP contribution < -0.4 is 10.1 Å². The molecule has 0 amide bonds. The second kappa shape index (κ2) is 6.61. The van der Waals surface area contributed by atoms with Gasteiger partial charge >= 0.3 is 6.36 Å². The number of rotatable bonds is 6. The molecule has 2 N–H and O–H groups in total. The standard InChI is InChI=1S/C12H16F3NO2/c1-9(17)6-7-16-8-10-2-4-11(5-3-10)18-12(13,14)15/h2-5,9,16-17H,6-8H2,1H3. The zero-order valence-corrected chi connectivity index (χ0v) is 10.00. The molecule has 0 fully saturated rings. The van der Waals surface area contributed by atoms with Crippen molar-refractivity contribution in [1.82, 2.24) is 5.32 Å². The number of halogens is 3. The summed E-state index contributed by atoms with van der Waals surface area (Å²) < 4.78 is 39.5. The molecule has 0 saturated carbocycles. The predicted molar refractivity (Wildman–Crippen MR) is 61.1 cm³/mol. The molecule has 0 aromatic heterocycles. The maximum absolute atomic E-state index is 11.9. The zero-order valence-electron chi connectivity index (χ0n) is 10.00. The molecule has 18 heavy (non-hydrogen) atoms. The minimum absolute atomic E-state index is 0.227. The fourth-order valence-corrected chi connectivity index (χ4v) is 1.35. The van der Waals surface area contributed by atoms with Gasteiger partial charge in [-0.2, -0.15) is 0 Å². The Morgan fingerprint density at radius 3 is 2.39 bits per heavy atom. The lowest BCUT2D eigenvalue weighted by molar-refractivity contribution is -0.274. The minimum atomic E-state index is -4.66. The Morgan fingerprint density at radius 1 is 1.28 bits per heavy atom. The highest BCUT2D eigenvalue weighted by Gasteiger charge is 2.30. The van der Waals surface area contributed by atoms with Crippen LogP contribution >= 0.6 is 0 Å². The molecule has 0 aliphatic carbocycles. The second-order valence-electron chi connectivity index (χ2n) is 4.01. The van der Waals surface area contributed by atoms with Crippen molar-refractivity contribution in [2.24, 2.45) is 0 Å². The van der Waals surface area contributed by atoms with Crippen molar-refractivity contribution in [2.75, 3.05) is 6.54 Å². The van der Waals surface area contributed by atoms with E-state index in [1.165, 1.54) is 12.1 Å². The van der Waals surface area contributed by atoms with E-state index < -0.39 is 6.36 Å². The van der Waals surface area contributed by atoms with Gasteiger partial charge in [-0.3, -0.25) is 0 Å². The molecule has 1 atom stereocenters. The first-order valence-corrected chi connectivity index (χ1v) is 5.60. The van der Waals surface area contributed by atoms with Crippen LogP contribution in [0.1, 0.15) is 18.9 Å². The van der Waals surface area contributed by atoms with Crippen molar-refractivity contribution >= 4 is 0 Å². The van der Waals surface area contributed by atoms with Gasteiger partial charge in [0.05, 0.1) is 6.10 Å². The number of aliphatic hydroxyl groups excluding tert-OH is 1. The first-order valence-electron chi connectivity index (χ1n) is 5.60. The second-order valence-corrected chi connectivity index (χ2v) is 4.01. The quantitative estimate of drug-likeness (QED) is 0.775. The lowest BCUT2D eigenvalue weighted by Crippen LogP contribution is -2.19. The number of aliphatic hydroxyl groups is 1. The average Bonchev–Trinajstić information content (AvgIpc) is 2.24. The van der Waals surface area contributed by atoms with Crippen LogP contribution in [0, 0.1) is 0 Å². The van der Waals surface area contributed by atoms with Crippen LogP contribution in [0.3, 0.4) is 0 Å². The number of hydrogen-bond donors (Lipinski definition) is 2. The van der Waals surface area contributed by atoms with Crippen LogP contribution in [-0.4, -0.2) is 24.1 Å². The smallest absolute Gasteiger partial charge is 0.406 e. The minimum Gasteiger partial charge on any atom is -0.406 e. The molecule has 0 aliphatic heterocycles. The summed E-state index contributed by atoms with van der Waals surface area (Å²) in [5.41, 5.74) is 0.857. The fourth-order valence-electron chi connectivity index (χ4n) is 1.35. The highest BCUT2D eigenvalue weighted by Crippen LogP contribution is 2.22. The van der Waals surface area contributed by atoms with Crippen molar-refractivity contribution in [3.63, 3.8) is 0 Å². The Bertz CT molecular complexity index is 349. The normalized spacial score (nSPS) is 13.4. The maximum atomic E-state index is 11.9. The van der Waals surface area contributed by atoms with Crippen LogP contribution in [-0.2, 0) is 6.54 Å². The number of benzene rings is 1. The Hall–Kier alpha value is -1.27. The van der Waals surface area contributed by atoms with Gasteiger partial charge in [0.2, 0.25) is 0 Å². The molecule has 3 nitrogen and oxygen atoms in total. The SMILES string of the molecule is CC(O)CCNCc1ccc(OC(F)(F)F)cc1. The summed E-state index contributed by atoms with van der Waals surface area (Å²) in [5, 5.41) is 12.1. The van der Waals surface area contributed by atoms with Gasteiger partial charge in [-0.15, -0.1) is 13.2 Å². The molecule has 0 aliphatic rings. The Kier molecular flexibility index (Phi) is 5.43. The first kappa shape index (κ1) is 14.8.